The highest BCUT2D eigenvalue weighted by atomic mass is 32.2. The van der Waals surface area contributed by atoms with Gasteiger partial charge in [-0.1, -0.05) is 12.1 Å². The van der Waals surface area contributed by atoms with E-state index >= 15 is 0 Å². The number of thiophene rings is 1. The Morgan fingerprint density at radius 2 is 1.97 bits per heavy atom. The van der Waals surface area contributed by atoms with Crippen LogP contribution in [-0.4, -0.2) is 23.8 Å². The molecule has 4 nitrogen and oxygen atoms in total. The number of rotatable bonds is 8. The molecule has 0 spiro atoms. The van der Waals surface area contributed by atoms with Crippen LogP contribution in [0.15, 0.2) is 64.9 Å². The zero-order chi connectivity index (χ0) is 20.1. The van der Waals surface area contributed by atoms with Crippen LogP contribution in [0.3, 0.4) is 0 Å². The zero-order valence-corrected chi connectivity index (χ0v) is 18.3. The van der Waals surface area contributed by atoms with Gasteiger partial charge in [-0.3, -0.25) is 4.79 Å². The van der Waals surface area contributed by atoms with Crippen LogP contribution < -0.4 is 10.1 Å². The van der Waals surface area contributed by atoms with E-state index in [-0.39, 0.29) is 5.91 Å². The standard InChI is InChI=1S/C22H20N2O2S3/c1-26-15-8-10-16(11-9-15)27-13-4-7-20(25)24-21-17(12-14-28-21)22-23-18-5-2-3-6-19(18)29-22/h2-3,5-6,8-12,14H,4,7,13H2,1H3,(H,24,25). The summed E-state index contributed by atoms with van der Waals surface area (Å²) in [4.78, 5) is 18.3. The smallest absolute Gasteiger partial charge is 0.225 e. The maximum atomic E-state index is 12.4. The number of carbonyl (C=O) groups is 1. The summed E-state index contributed by atoms with van der Waals surface area (Å²) < 4.78 is 6.32. The zero-order valence-electron chi connectivity index (χ0n) is 15.9. The van der Waals surface area contributed by atoms with E-state index in [1.807, 2.05) is 53.9 Å². The summed E-state index contributed by atoms with van der Waals surface area (Å²) in [7, 11) is 1.66. The number of methoxy groups -OCH3 is 1. The Labute approximate surface area is 182 Å². The third kappa shape index (κ3) is 4.98. The van der Waals surface area contributed by atoms with Crippen LogP contribution in [0.2, 0.25) is 0 Å². The molecular formula is C22H20N2O2S3. The van der Waals surface area contributed by atoms with Crippen LogP contribution in [-0.2, 0) is 4.79 Å². The summed E-state index contributed by atoms with van der Waals surface area (Å²) in [5, 5.41) is 6.88. The Balaban J connectivity index is 1.30. The normalized spacial score (nSPS) is 10.9. The van der Waals surface area contributed by atoms with Crippen LogP contribution in [0.1, 0.15) is 12.8 Å². The minimum Gasteiger partial charge on any atom is -0.497 e. The lowest BCUT2D eigenvalue weighted by Gasteiger charge is -2.06. The molecule has 1 amide bonds. The summed E-state index contributed by atoms with van der Waals surface area (Å²) in [6, 6.07) is 18.1. The highest BCUT2D eigenvalue weighted by Gasteiger charge is 2.14. The quantitative estimate of drug-likeness (QED) is 0.249. The fourth-order valence-corrected chi connectivity index (χ4v) is 5.57. The number of nitrogens with one attached hydrogen (secondary N) is 1. The molecule has 4 rings (SSSR count). The molecule has 148 valence electrons. The Bertz CT molecular complexity index is 1070. The second-order valence-electron chi connectivity index (χ2n) is 6.33. The third-order valence-corrected chi connectivity index (χ3v) is 7.32. The van der Waals surface area contributed by atoms with Crippen molar-refractivity contribution >= 4 is 55.6 Å². The summed E-state index contributed by atoms with van der Waals surface area (Å²) in [6.45, 7) is 0. The highest BCUT2D eigenvalue weighted by molar-refractivity contribution is 7.99. The molecule has 0 aliphatic rings. The lowest BCUT2D eigenvalue weighted by molar-refractivity contribution is -0.116. The number of aromatic nitrogens is 1. The van der Waals surface area contributed by atoms with Crippen molar-refractivity contribution in [3.63, 3.8) is 0 Å². The second-order valence-corrected chi connectivity index (χ2v) is 9.44. The molecular weight excluding hydrogens is 420 g/mol. The van der Waals surface area contributed by atoms with Gasteiger partial charge in [-0.2, -0.15) is 0 Å². The van der Waals surface area contributed by atoms with Crippen LogP contribution in [0.5, 0.6) is 5.75 Å². The van der Waals surface area contributed by atoms with Crippen LogP contribution in [0.4, 0.5) is 5.00 Å². The number of anilines is 1. The molecule has 0 atom stereocenters. The summed E-state index contributed by atoms with van der Waals surface area (Å²) in [5.74, 6) is 1.80. The number of hydrogen-bond acceptors (Lipinski definition) is 6. The molecule has 2 aromatic carbocycles. The van der Waals surface area contributed by atoms with Gasteiger partial charge in [0.25, 0.3) is 0 Å². The van der Waals surface area contributed by atoms with E-state index in [0.717, 1.165) is 43.7 Å². The number of benzene rings is 2. The van der Waals surface area contributed by atoms with Crippen molar-refractivity contribution in [3.8, 4) is 16.3 Å². The van der Waals surface area contributed by atoms with Gasteiger partial charge >= 0.3 is 0 Å². The van der Waals surface area contributed by atoms with Gasteiger partial charge in [0, 0.05) is 16.9 Å². The van der Waals surface area contributed by atoms with Crippen molar-refractivity contribution < 1.29 is 9.53 Å². The number of ether oxygens (including phenoxy) is 1. The van der Waals surface area contributed by atoms with Gasteiger partial charge in [-0.25, -0.2) is 4.98 Å². The minimum atomic E-state index is 0.0464. The van der Waals surface area contributed by atoms with E-state index in [1.165, 1.54) is 16.2 Å². The van der Waals surface area contributed by atoms with Crippen molar-refractivity contribution in [2.24, 2.45) is 0 Å². The first-order valence-corrected chi connectivity index (χ1v) is 11.9. The summed E-state index contributed by atoms with van der Waals surface area (Å²) in [6.07, 6.45) is 1.32. The number of fused-ring (bicyclic) bond motifs is 1. The first kappa shape index (κ1) is 19.9. The van der Waals surface area contributed by atoms with Gasteiger partial charge in [0.1, 0.15) is 15.8 Å². The Hall–Kier alpha value is -2.35. The average molecular weight is 441 g/mol. The first-order chi connectivity index (χ1) is 14.2. The lowest BCUT2D eigenvalue weighted by atomic mass is 10.3. The molecule has 0 aliphatic carbocycles. The molecule has 4 aromatic rings. The monoisotopic (exact) mass is 440 g/mol. The van der Waals surface area contributed by atoms with Gasteiger partial charge in [0.15, 0.2) is 0 Å². The fraction of sp³-hybridized carbons (Fsp3) is 0.182. The maximum absolute atomic E-state index is 12.4. The molecule has 0 radical (unpaired) electrons. The molecule has 2 heterocycles. The summed E-state index contributed by atoms with van der Waals surface area (Å²) >= 11 is 4.94. The lowest BCUT2D eigenvalue weighted by Crippen LogP contribution is -2.11. The van der Waals surface area contributed by atoms with Gasteiger partial charge < -0.3 is 10.1 Å². The van der Waals surface area contributed by atoms with Crippen LogP contribution >= 0.6 is 34.4 Å². The van der Waals surface area contributed by atoms with E-state index in [4.69, 9.17) is 9.72 Å². The van der Waals surface area contributed by atoms with Gasteiger partial charge in [0.05, 0.1) is 17.3 Å². The molecule has 0 unspecified atom stereocenters. The van der Waals surface area contributed by atoms with Gasteiger partial charge in [-0.05, 0) is 60.0 Å². The highest BCUT2D eigenvalue weighted by Crippen LogP contribution is 2.37. The van der Waals surface area contributed by atoms with E-state index in [2.05, 4.69) is 11.4 Å². The van der Waals surface area contributed by atoms with Crippen molar-refractivity contribution in [2.75, 3.05) is 18.2 Å². The summed E-state index contributed by atoms with van der Waals surface area (Å²) in [5.41, 5.74) is 1.99. The Kier molecular flexibility index (Phi) is 6.49. The number of amides is 1. The Morgan fingerprint density at radius 1 is 1.14 bits per heavy atom. The van der Waals surface area contributed by atoms with Crippen molar-refractivity contribution in [1.82, 2.24) is 4.98 Å². The number of hydrogen-bond donors (Lipinski definition) is 1. The van der Waals surface area contributed by atoms with E-state index in [0.29, 0.717) is 6.42 Å². The van der Waals surface area contributed by atoms with E-state index in [1.54, 1.807) is 30.2 Å². The van der Waals surface area contributed by atoms with Gasteiger partial charge in [-0.15, -0.1) is 34.4 Å². The molecule has 0 saturated heterocycles. The topological polar surface area (TPSA) is 51.2 Å². The molecule has 1 N–H and O–H groups in total. The molecule has 29 heavy (non-hydrogen) atoms. The molecule has 0 aliphatic heterocycles. The number of nitrogens with zero attached hydrogens (tertiary/aromatic N) is 1. The fourth-order valence-electron chi connectivity index (χ4n) is 2.85. The third-order valence-electron chi connectivity index (χ3n) is 4.32. The number of carbonyl (C=O) groups excluding carboxylic acids is 1. The SMILES string of the molecule is COc1ccc(SCCCC(=O)Nc2sccc2-c2nc3ccccc3s2)cc1. The van der Waals surface area contributed by atoms with Crippen molar-refractivity contribution in [1.29, 1.82) is 0 Å². The van der Waals surface area contributed by atoms with Crippen molar-refractivity contribution in [2.45, 2.75) is 17.7 Å². The molecule has 0 bridgehead atoms. The van der Waals surface area contributed by atoms with Crippen molar-refractivity contribution in [3.05, 3.63) is 60.0 Å². The van der Waals surface area contributed by atoms with Crippen LogP contribution in [0, 0.1) is 0 Å². The second kappa shape index (κ2) is 9.43. The van der Waals surface area contributed by atoms with E-state index in [9.17, 15) is 4.79 Å². The molecule has 0 fully saturated rings. The van der Waals surface area contributed by atoms with Crippen LogP contribution in [0.25, 0.3) is 20.8 Å². The molecule has 0 saturated carbocycles. The Morgan fingerprint density at radius 3 is 2.76 bits per heavy atom. The van der Waals surface area contributed by atoms with E-state index < -0.39 is 0 Å². The predicted octanol–water partition coefficient (Wildman–Crippen LogP) is 6.54. The number of thiazole rings is 1. The maximum Gasteiger partial charge on any atom is 0.225 e. The molecule has 7 heteroatoms. The van der Waals surface area contributed by atoms with Gasteiger partial charge in [0.2, 0.25) is 5.91 Å². The minimum absolute atomic E-state index is 0.0464. The number of para-hydroxylation sites is 1. The number of thioether (sulfide) groups is 1. The predicted molar refractivity (Wildman–Crippen MR) is 125 cm³/mol. The largest absolute Gasteiger partial charge is 0.497 e. The first-order valence-electron chi connectivity index (χ1n) is 9.23. The molecule has 2 aromatic heterocycles. The average Bonchev–Trinajstić information content (AvgIpc) is 3.38.